The van der Waals surface area contributed by atoms with Crippen molar-refractivity contribution >= 4 is 40.7 Å². The second-order valence-corrected chi connectivity index (χ2v) is 7.56. The van der Waals surface area contributed by atoms with Crippen LogP contribution in [0.15, 0.2) is 46.7 Å². The Morgan fingerprint density at radius 3 is 2.60 bits per heavy atom. The van der Waals surface area contributed by atoms with Crippen molar-refractivity contribution in [3.63, 3.8) is 0 Å². The van der Waals surface area contributed by atoms with E-state index in [2.05, 4.69) is 15.7 Å². The number of imide groups is 1. The average Bonchev–Trinajstić information content (AvgIpc) is 3.21. The number of hydrogen-bond donors (Lipinski definition) is 1. The fourth-order valence-electron chi connectivity index (χ4n) is 3.40. The molecule has 0 spiro atoms. The minimum absolute atomic E-state index is 0.139. The molecule has 3 amide bonds. The Labute approximate surface area is 176 Å². The van der Waals surface area contributed by atoms with Gasteiger partial charge in [0.1, 0.15) is 12.4 Å². The highest BCUT2D eigenvalue weighted by Crippen LogP contribution is 2.33. The molecular weight excluding hydrogens is 413 g/mol. The number of benzene rings is 2. The van der Waals surface area contributed by atoms with Crippen LogP contribution >= 0.6 is 11.6 Å². The lowest BCUT2D eigenvalue weighted by Crippen LogP contribution is -2.43. The summed E-state index contributed by atoms with van der Waals surface area (Å²) in [6.45, 7) is 3.65. The molecule has 2 aromatic carbocycles. The summed E-state index contributed by atoms with van der Waals surface area (Å²) in [5, 5.41) is 11.4. The van der Waals surface area contributed by atoms with Crippen molar-refractivity contribution in [2.24, 2.45) is 10.3 Å². The molecule has 0 aliphatic carbocycles. The third-order valence-electron chi connectivity index (χ3n) is 5.12. The van der Waals surface area contributed by atoms with Crippen molar-refractivity contribution < 1.29 is 18.8 Å². The highest BCUT2D eigenvalue weighted by molar-refractivity contribution is 6.32. The SMILES string of the molecule is Cc1ccc(NC(=O)CN2N=N[C@H]3C(=O)N(c4ccc(F)c(Cl)c4)C(=O)[C@H]32)cc1C. The smallest absolute Gasteiger partial charge is 0.263 e. The molecule has 2 aliphatic heterocycles. The fraction of sp³-hybridized carbons (Fsp3) is 0.250. The fourth-order valence-corrected chi connectivity index (χ4v) is 3.57. The zero-order chi connectivity index (χ0) is 21.6. The van der Waals surface area contributed by atoms with E-state index in [-0.39, 0.29) is 17.3 Å². The maximum Gasteiger partial charge on any atom is 0.263 e. The molecule has 10 heteroatoms. The maximum atomic E-state index is 13.4. The lowest BCUT2D eigenvalue weighted by atomic mass is 10.1. The molecule has 2 aromatic rings. The van der Waals surface area contributed by atoms with Gasteiger partial charge in [-0.15, -0.1) is 0 Å². The van der Waals surface area contributed by atoms with Gasteiger partial charge in [0, 0.05) is 5.69 Å². The van der Waals surface area contributed by atoms with E-state index < -0.39 is 35.6 Å². The van der Waals surface area contributed by atoms with Crippen molar-refractivity contribution in [2.45, 2.75) is 25.9 Å². The van der Waals surface area contributed by atoms with Crippen LogP contribution < -0.4 is 10.2 Å². The van der Waals surface area contributed by atoms with E-state index in [1.807, 2.05) is 26.0 Å². The quantitative estimate of drug-likeness (QED) is 0.756. The Bertz CT molecular complexity index is 1110. The number of halogens is 2. The van der Waals surface area contributed by atoms with E-state index in [1.165, 1.54) is 17.1 Å². The average molecular weight is 430 g/mol. The number of aryl methyl sites for hydroxylation is 2. The summed E-state index contributed by atoms with van der Waals surface area (Å²) in [6.07, 6.45) is 0. The van der Waals surface area contributed by atoms with Gasteiger partial charge in [0.25, 0.3) is 11.8 Å². The Morgan fingerprint density at radius 2 is 1.90 bits per heavy atom. The van der Waals surface area contributed by atoms with Crippen molar-refractivity contribution in [1.82, 2.24) is 5.01 Å². The molecule has 1 N–H and O–H groups in total. The van der Waals surface area contributed by atoms with Gasteiger partial charge in [0.15, 0.2) is 12.1 Å². The standard InChI is InChI=1S/C20H17ClFN5O3/c1-10-3-4-12(7-11(10)2)23-16(28)9-26-18-17(24-25-26)19(29)27(20(18)30)13-5-6-15(22)14(21)8-13/h3-8,17-18H,9H2,1-2H3,(H,23,28)/t17-,18+/m1/s1. The van der Waals surface area contributed by atoms with Crippen LogP contribution in [-0.2, 0) is 14.4 Å². The highest BCUT2D eigenvalue weighted by atomic mass is 35.5. The first kappa shape index (κ1) is 20.0. The Balaban J connectivity index is 1.49. The van der Waals surface area contributed by atoms with Crippen molar-refractivity contribution in [2.75, 3.05) is 16.8 Å². The minimum Gasteiger partial charge on any atom is -0.324 e. The lowest BCUT2D eigenvalue weighted by molar-refractivity contribution is -0.123. The number of anilines is 2. The first-order valence-corrected chi connectivity index (χ1v) is 9.51. The number of carbonyl (C=O) groups is 3. The number of fused-ring (bicyclic) bond motifs is 1. The third-order valence-corrected chi connectivity index (χ3v) is 5.41. The topological polar surface area (TPSA) is 94.4 Å². The summed E-state index contributed by atoms with van der Waals surface area (Å²) in [7, 11) is 0. The lowest BCUT2D eigenvalue weighted by Gasteiger charge is -2.20. The maximum absolute atomic E-state index is 13.4. The van der Waals surface area contributed by atoms with E-state index in [4.69, 9.17) is 11.6 Å². The van der Waals surface area contributed by atoms with Crippen molar-refractivity contribution in [3.05, 3.63) is 58.4 Å². The van der Waals surface area contributed by atoms with E-state index >= 15 is 0 Å². The van der Waals surface area contributed by atoms with Crippen LogP contribution in [0.4, 0.5) is 15.8 Å². The third kappa shape index (κ3) is 3.41. The van der Waals surface area contributed by atoms with Crippen LogP contribution in [-0.4, -0.2) is 41.4 Å². The van der Waals surface area contributed by atoms with Gasteiger partial charge in [0.05, 0.1) is 10.7 Å². The van der Waals surface area contributed by atoms with Crippen LogP contribution in [0.25, 0.3) is 0 Å². The summed E-state index contributed by atoms with van der Waals surface area (Å²) in [5.74, 6) is -2.27. The molecule has 30 heavy (non-hydrogen) atoms. The van der Waals surface area contributed by atoms with Crippen LogP contribution in [0.2, 0.25) is 5.02 Å². The Hall–Kier alpha value is -3.33. The van der Waals surface area contributed by atoms with Gasteiger partial charge < -0.3 is 5.32 Å². The molecule has 2 atom stereocenters. The van der Waals surface area contributed by atoms with Crippen molar-refractivity contribution in [1.29, 1.82) is 0 Å². The second-order valence-electron chi connectivity index (χ2n) is 7.15. The van der Waals surface area contributed by atoms with Gasteiger partial charge in [-0.3, -0.25) is 19.4 Å². The van der Waals surface area contributed by atoms with E-state index in [0.717, 1.165) is 22.1 Å². The zero-order valence-corrected chi connectivity index (χ0v) is 16.9. The molecule has 0 unspecified atom stereocenters. The minimum atomic E-state index is -1.06. The molecular formula is C20H17ClFN5O3. The summed E-state index contributed by atoms with van der Waals surface area (Å²) in [6, 6.07) is 6.96. The zero-order valence-electron chi connectivity index (χ0n) is 16.1. The number of rotatable bonds is 4. The summed E-state index contributed by atoms with van der Waals surface area (Å²) in [4.78, 5) is 38.9. The summed E-state index contributed by atoms with van der Waals surface area (Å²) in [5.41, 5.74) is 2.88. The van der Waals surface area contributed by atoms with Gasteiger partial charge in [-0.25, -0.2) is 9.29 Å². The van der Waals surface area contributed by atoms with E-state index in [0.29, 0.717) is 5.69 Å². The molecule has 2 heterocycles. The molecule has 0 aromatic heterocycles. The number of nitrogens with zero attached hydrogens (tertiary/aromatic N) is 4. The number of amides is 3. The normalized spacial score (nSPS) is 20.1. The first-order chi connectivity index (χ1) is 14.3. The van der Waals surface area contributed by atoms with Crippen LogP contribution in [0.1, 0.15) is 11.1 Å². The molecule has 1 saturated heterocycles. The monoisotopic (exact) mass is 429 g/mol. The molecule has 8 nitrogen and oxygen atoms in total. The van der Waals surface area contributed by atoms with Gasteiger partial charge >= 0.3 is 0 Å². The van der Waals surface area contributed by atoms with Gasteiger partial charge in [0.2, 0.25) is 5.91 Å². The van der Waals surface area contributed by atoms with Crippen LogP contribution in [0.3, 0.4) is 0 Å². The summed E-state index contributed by atoms with van der Waals surface area (Å²) < 4.78 is 13.4. The van der Waals surface area contributed by atoms with E-state index in [1.54, 1.807) is 6.07 Å². The van der Waals surface area contributed by atoms with Gasteiger partial charge in [-0.2, -0.15) is 5.11 Å². The second kappa shape index (κ2) is 7.49. The molecule has 0 saturated carbocycles. The molecule has 0 radical (unpaired) electrons. The van der Waals surface area contributed by atoms with E-state index in [9.17, 15) is 18.8 Å². The van der Waals surface area contributed by atoms with Gasteiger partial charge in [-0.05, 0) is 55.3 Å². The molecule has 1 fully saturated rings. The Kier molecular flexibility index (Phi) is 4.98. The summed E-state index contributed by atoms with van der Waals surface area (Å²) >= 11 is 5.77. The van der Waals surface area contributed by atoms with Crippen LogP contribution in [0.5, 0.6) is 0 Å². The van der Waals surface area contributed by atoms with Crippen molar-refractivity contribution in [3.8, 4) is 0 Å². The molecule has 0 bridgehead atoms. The van der Waals surface area contributed by atoms with Crippen LogP contribution in [0, 0.1) is 19.7 Å². The molecule has 4 rings (SSSR count). The largest absolute Gasteiger partial charge is 0.324 e. The number of hydrogen-bond acceptors (Lipinski definition) is 6. The highest BCUT2D eigenvalue weighted by Gasteiger charge is 2.55. The molecule has 2 aliphatic rings. The first-order valence-electron chi connectivity index (χ1n) is 9.13. The number of carbonyl (C=O) groups excluding carboxylic acids is 3. The predicted octanol–water partition coefficient (Wildman–Crippen LogP) is 3.03. The molecule has 154 valence electrons. The Morgan fingerprint density at radius 1 is 1.13 bits per heavy atom. The number of nitrogens with one attached hydrogen (secondary N) is 1. The predicted molar refractivity (Wildman–Crippen MR) is 108 cm³/mol. The van der Waals surface area contributed by atoms with Gasteiger partial charge in [-0.1, -0.05) is 22.9 Å².